The lowest BCUT2D eigenvalue weighted by Crippen LogP contribution is -2.52. The lowest BCUT2D eigenvalue weighted by atomic mass is 9.74. The zero-order valence-electron chi connectivity index (χ0n) is 16.2. The van der Waals surface area contributed by atoms with Crippen LogP contribution in [0.3, 0.4) is 0 Å². The Kier molecular flexibility index (Phi) is 4.97. The maximum atomic E-state index is 12.5. The number of rotatable bonds is 4. The average Bonchev–Trinajstić information content (AvgIpc) is 3.05. The first-order valence-corrected chi connectivity index (χ1v) is 10.1. The van der Waals surface area contributed by atoms with Gasteiger partial charge in [-0.3, -0.25) is 4.79 Å². The van der Waals surface area contributed by atoms with E-state index >= 15 is 0 Å². The average molecular weight is 405 g/mol. The number of hydrogen-bond acceptors (Lipinski definition) is 4. The van der Waals surface area contributed by atoms with Crippen molar-refractivity contribution in [3.63, 3.8) is 0 Å². The molecule has 2 heterocycles. The second-order valence-electron chi connectivity index (χ2n) is 7.92. The highest BCUT2D eigenvalue weighted by atomic mass is 35.5. The molecule has 0 atom stereocenters. The summed E-state index contributed by atoms with van der Waals surface area (Å²) in [6.07, 6.45) is 4.84. The molecule has 7 nitrogen and oxygen atoms in total. The van der Waals surface area contributed by atoms with Crippen LogP contribution in [0.1, 0.15) is 48.2 Å². The Labute approximate surface area is 168 Å². The van der Waals surface area contributed by atoms with Crippen LogP contribution in [0.2, 0.25) is 5.02 Å². The summed E-state index contributed by atoms with van der Waals surface area (Å²) in [6.45, 7) is 1.27. The molecule has 0 radical (unpaired) electrons. The molecule has 1 spiro atoms. The number of urea groups is 1. The largest absolute Gasteiger partial charge is 0.450 e. The summed E-state index contributed by atoms with van der Waals surface area (Å²) in [7, 11) is 3.90. The predicted molar refractivity (Wildman–Crippen MR) is 109 cm³/mol. The van der Waals surface area contributed by atoms with E-state index in [1.807, 2.05) is 19.0 Å². The Balaban J connectivity index is 1.77. The summed E-state index contributed by atoms with van der Waals surface area (Å²) in [4.78, 5) is 26.8. The number of nitrogens with one attached hydrogen (secondary N) is 3. The molecule has 8 heteroatoms. The monoisotopic (exact) mass is 404 g/mol. The highest BCUT2D eigenvalue weighted by molar-refractivity contribution is 6.35. The van der Waals surface area contributed by atoms with Crippen LogP contribution < -0.4 is 16.0 Å². The van der Waals surface area contributed by atoms with E-state index < -0.39 is 5.54 Å². The van der Waals surface area contributed by atoms with Gasteiger partial charge in [-0.2, -0.15) is 0 Å². The van der Waals surface area contributed by atoms with E-state index in [9.17, 15) is 9.59 Å². The molecule has 28 heavy (non-hydrogen) atoms. The van der Waals surface area contributed by atoms with Gasteiger partial charge >= 0.3 is 6.03 Å². The van der Waals surface area contributed by atoms with Gasteiger partial charge in [0.25, 0.3) is 5.91 Å². The second kappa shape index (κ2) is 7.29. The summed E-state index contributed by atoms with van der Waals surface area (Å²) >= 11 is 6.51. The molecule has 0 unspecified atom stereocenters. The fourth-order valence-electron chi connectivity index (χ4n) is 4.28. The molecule has 2 aromatic rings. The van der Waals surface area contributed by atoms with Crippen LogP contribution in [0.15, 0.2) is 16.5 Å². The summed E-state index contributed by atoms with van der Waals surface area (Å²) in [5, 5.41) is 10.0. The smallest absolute Gasteiger partial charge is 0.319 e. The molecule has 1 saturated carbocycles. The first-order valence-electron chi connectivity index (χ1n) is 9.68. The number of nitrogens with zero attached hydrogens (tertiary/aromatic N) is 1. The molecule has 1 fully saturated rings. The van der Waals surface area contributed by atoms with E-state index in [0.717, 1.165) is 49.6 Å². The van der Waals surface area contributed by atoms with Crippen molar-refractivity contribution in [2.45, 2.75) is 37.6 Å². The van der Waals surface area contributed by atoms with Crippen LogP contribution in [-0.4, -0.2) is 44.0 Å². The highest BCUT2D eigenvalue weighted by Gasteiger charge is 2.43. The number of hydrogen-bond donors (Lipinski definition) is 3. The van der Waals surface area contributed by atoms with E-state index in [1.54, 1.807) is 12.1 Å². The van der Waals surface area contributed by atoms with Gasteiger partial charge in [-0.15, -0.1) is 0 Å². The fourth-order valence-corrected chi connectivity index (χ4v) is 4.53. The number of anilines is 1. The molecule has 1 aromatic heterocycles. The third kappa shape index (κ3) is 3.33. The van der Waals surface area contributed by atoms with E-state index in [0.29, 0.717) is 22.8 Å². The molecule has 2 aliphatic rings. The molecule has 150 valence electrons. The van der Waals surface area contributed by atoms with E-state index in [4.69, 9.17) is 16.0 Å². The molecule has 0 bridgehead atoms. The predicted octanol–water partition coefficient (Wildman–Crippen LogP) is 3.67. The van der Waals surface area contributed by atoms with Gasteiger partial charge in [0, 0.05) is 24.0 Å². The highest BCUT2D eigenvalue weighted by Crippen LogP contribution is 2.48. The molecule has 3 N–H and O–H groups in total. The van der Waals surface area contributed by atoms with Crippen molar-refractivity contribution < 1.29 is 14.0 Å². The zero-order valence-corrected chi connectivity index (χ0v) is 16.9. The number of amides is 3. The number of benzene rings is 1. The molecule has 4 rings (SSSR count). The minimum atomic E-state index is -0.504. The van der Waals surface area contributed by atoms with Crippen molar-refractivity contribution in [2.75, 3.05) is 32.5 Å². The first-order chi connectivity index (χ1) is 13.4. The van der Waals surface area contributed by atoms with E-state index in [-0.39, 0.29) is 17.7 Å². The zero-order chi connectivity index (χ0) is 19.9. The van der Waals surface area contributed by atoms with Crippen LogP contribution in [0.5, 0.6) is 0 Å². The first kappa shape index (κ1) is 19.1. The van der Waals surface area contributed by atoms with Gasteiger partial charge in [0.2, 0.25) is 0 Å². The fraction of sp³-hybridized carbons (Fsp3) is 0.500. The quantitative estimate of drug-likeness (QED) is 0.725. The second-order valence-corrected chi connectivity index (χ2v) is 8.33. The Bertz CT molecular complexity index is 931. The number of fused-ring (bicyclic) bond motifs is 4. The van der Waals surface area contributed by atoms with Crippen LogP contribution in [0.25, 0.3) is 11.0 Å². The van der Waals surface area contributed by atoms with Gasteiger partial charge < -0.3 is 25.3 Å². The maximum Gasteiger partial charge on any atom is 0.319 e. The third-order valence-corrected chi connectivity index (χ3v) is 5.90. The SMILES string of the molecule is CN(C)CCNC(=O)c1cc2cc(Cl)c3c(c2o1)C1(CCCCC1)NC(=O)N3. The van der Waals surface area contributed by atoms with Gasteiger partial charge in [-0.25, -0.2) is 4.79 Å². The Morgan fingerprint density at radius 3 is 2.75 bits per heavy atom. The minimum Gasteiger partial charge on any atom is -0.450 e. The lowest BCUT2D eigenvalue weighted by Gasteiger charge is -2.42. The molecule has 1 aliphatic carbocycles. The topological polar surface area (TPSA) is 86.6 Å². The summed E-state index contributed by atoms with van der Waals surface area (Å²) in [5.74, 6) is -0.00509. The molecule has 1 aromatic carbocycles. The number of halogens is 1. The maximum absolute atomic E-state index is 12.5. The third-order valence-electron chi connectivity index (χ3n) is 5.60. The van der Waals surface area contributed by atoms with Crippen molar-refractivity contribution in [1.82, 2.24) is 15.5 Å². The molecule has 1 aliphatic heterocycles. The van der Waals surface area contributed by atoms with Crippen molar-refractivity contribution in [2.24, 2.45) is 0 Å². The van der Waals surface area contributed by atoms with E-state index in [1.165, 1.54) is 0 Å². The standard InChI is InChI=1S/C20H25ClN4O3/c1-25(2)9-8-22-18(26)14-11-12-10-13(21)16-15(17(12)28-14)20(24-19(27)23-16)6-4-3-5-7-20/h10-11H,3-9H2,1-2H3,(H,22,26)(H2,23,24,27). The lowest BCUT2D eigenvalue weighted by molar-refractivity contribution is 0.0925. The van der Waals surface area contributed by atoms with E-state index in [2.05, 4.69) is 16.0 Å². The molecule has 3 amide bonds. The molecular formula is C20H25ClN4O3. The van der Waals surface area contributed by atoms with Crippen molar-refractivity contribution in [3.05, 3.63) is 28.5 Å². The Hall–Kier alpha value is -2.25. The summed E-state index contributed by atoms with van der Waals surface area (Å²) < 4.78 is 6.03. The number of carbonyl (C=O) groups excluding carboxylic acids is 2. The molecular weight excluding hydrogens is 380 g/mol. The van der Waals surface area contributed by atoms with Crippen LogP contribution in [-0.2, 0) is 5.54 Å². The van der Waals surface area contributed by atoms with Gasteiger partial charge in [0.1, 0.15) is 5.58 Å². The van der Waals surface area contributed by atoms with Crippen molar-refractivity contribution >= 4 is 40.2 Å². The Morgan fingerprint density at radius 1 is 1.29 bits per heavy atom. The van der Waals surface area contributed by atoms with Crippen LogP contribution in [0.4, 0.5) is 10.5 Å². The van der Waals surface area contributed by atoms with Gasteiger partial charge in [-0.1, -0.05) is 30.9 Å². The number of furan rings is 1. The van der Waals surface area contributed by atoms with Crippen molar-refractivity contribution in [1.29, 1.82) is 0 Å². The number of likely N-dealkylation sites (N-methyl/N-ethyl adjacent to an activating group) is 1. The van der Waals surface area contributed by atoms with Crippen LogP contribution >= 0.6 is 11.6 Å². The van der Waals surface area contributed by atoms with Gasteiger partial charge in [0.15, 0.2) is 5.76 Å². The van der Waals surface area contributed by atoms with Crippen LogP contribution in [0, 0.1) is 0 Å². The molecule has 0 saturated heterocycles. The normalized spacial score (nSPS) is 18.1. The summed E-state index contributed by atoms with van der Waals surface area (Å²) in [6, 6.07) is 3.22. The Morgan fingerprint density at radius 2 is 2.04 bits per heavy atom. The minimum absolute atomic E-state index is 0.246. The van der Waals surface area contributed by atoms with Gasteiger partial charge in [0.05, 0.1) is 16.2 Å². The van der Waals surface area contributed by atoms with Crippen molar-refractivity contribution in [3.8, 4) is 0 Å². The number of carbonyl (C=O) groups is 2. The van der Waals surface area contributed by atoms with Gasteiger partial charge in [-0.05, 0) is 39.1 Å². The summed E-state index contributed by atoms with van der Waals surface area (Å²) in [5.41, 5.74) is 1.57.